The maximum absolute atomic E-state index is 11.6. The first-order valence-electron chi connectivity index (χ1n) is 12.0. The Kier molecular flexibility index (Phi) is 7.17. The maximum Gasteiger partial charge on any atom is 0.219 e. The molecule has 0 radical (unpaired) electrons. The highest BCUT2D eigenvalue weighted by atomic mass is 16.5. The summed E-state index contributed by atoms with van der Waals surface area (Å²) in [6, 6.07) is 7.85. The number of carbonyl (C=O) groups excluding carboxylic acids is 2. The lowest BCUT2D eigenvalue weighted by atomic mass is 9.92. The van der Waals surface area contributed by atoms with Crippen molar-refractivity contribution in [2.45, 2.75) is 64.2 Å². The molecule has 0 unspecified atom stereocenters. The largest absolute Gasteiger partial charge is 0.508 e. The van der Waals surface area contributed by atoms with Gasteiger partial charge in [-0.3, -0.25) is 9.59 Å². The number of aryl methyl sites for hydroxylation is 2. The Morgan fingerprint density at radius 3 is 2.79 bits per heavy atom. The average molecular weight is 448 g/mol. The van der Waals surface area contributed by atoms with Gasteiger partial charge >= 0.3 is 0 Å². The number of ether oxygens (including phenoxy) is 1. The summed E-state index contributed by atoms with van der Waals surface area (Å²) in [4.78, 5) is 22.9. The van der Waals surface area contributed by atoms with E-state index < -0.39 is 0 Å². The molecule has 2 aromatic rings. The number of fused-ring (bicyclic) bond motifs is 4. The zero-order chi connectivity index (χ0) is 23.4. The van der Waals surface area contributed by atoms with Crippen LogP contribution in [0.1, 0.15) is 76.7 Å². The first-order valence-corrected chi connectivity index (χ1v) is 12.0. The molecule has 0 spiro atoms. The molecule has 5 nitrogen and oxygen atoms in total. The van der Waals surface area contributed by atoms with E-state index in [1.165, 1.54) is 29.5 Å². The number of phenols is 1. The molecule has 1 aliphatic heterocycles. The van der Waals surface area contributed by atoms with Crippen LogP contribution in [0.5, 0.6) is 11.5 Å². The topological polar surface area (TPSA) is 75.6 Å². The van der Waals surface area contributed by atoms with E-state index in [0.29, 0.717) is 25.2 Å². The highest BCUT2D eigenvalue weighted by Crippen LogP contribution is 2.43. The summed E-state index contributed by atoms with van der Waals surface area (Å²) in [5.74, 6) is 2.19. The summed E-state index contributed by atoms with van der Waals surface area (Å²) < 4.78 is 5.66. The number of rotatable bonds is 6. The molecule has 0 aromatic heterocycles. The fraction of sp³-hybridized carbons (Fsp3) is 0.429. The highest BCUT2D eigenvalue weighted by molar-refractivity contribution is 6.02. The van der Waals surface area contributed by atoms with Gasteiger partial charge in [0.2, 0.25) is 5.91 Å². The van der Waals surface area contributed by atoms with Gasteiger partial charge in [0.25, 0.3) is 0 Å². The fourth-order valence-corrected chi connectivity index (χ4v) is 5.31. The van der Waals surface area contributed by atoms with Crippen molar-refractivity contribution < 1.29 is 19.4 Å². The van der Waals surface area contributed by atoms with Crippen LogP contribution in [0.4, 0.5) is 0 Å². The van der Waals surface area contributed by atoms with E-state index in [1.54, 1.807) is 12.1 Å². The van der Waals surface area contributed by atoms with Gasteiger partial charge in [-0.2, -0.15) is 0 Å². The predicted molar refractivity (Wildman–Crippen MR) is 129 cm³/mol. The third kappa shape index (κ3) is 4.82. The molecule has 1 atom stereocenters. The van der Waals surface area contributed by atoms with E-state index in [4.69, 9.17) is 4.74 Å². The number of ketones is 1. The van der Waals surface area contributed by atoms with Crippen molar-refractivity contribution in [3.63, 3.8) is 0 Å². The molecule has 33 heavy (non-hydrogen) atoms. The Bertz CT molecular complexity index is 1070. The summed E-state index contributed by atoms with van der Waals surface area (Å²) in [6.07, 6.45) is 8.71. The Labute approximate surface area is 195 Å². The van der Waals surface area contributed by atoms with Crippen molar-refractivity contribution in [2.24, 2.45) is 0 Å². The number of allylic oxidation sites excluding steroid dienone is 1. The molecule has 174 valence electrons. The normalized spacial score (nSPS) is 17.4. The van der Waals surface area contributed by atoms with E-state index in [-0.39, 0.29) is 17.4 Å². The Balaban J connectivity index is 0.000000165. The van der Waals surface area contributed by atoms with Crippen LogP contribution in [0.3, 0.4) is 0 Å². The van der Waals surface area contributed by atoms with Gasteiger partial charge in [-0.25, -0.2) is 0 Å². The van der Waals surface area contributed by atoms with Crippen LogP contribution in [0.2, 0.25) is 0 Å². The molecule has 1 heterocycles. The first kappa shape index (κ1) is 23.1. The summed E-state index contributed by atoms with van der Waals surface area (Å²) in [5, 5.41) is 12.6. The zero-order valence-electron chi connectivity index (χ0n) is 19.4. The third-order valence-corrected chi connectivity index (χ3v) is 6.94. The lowest BCUT2D eigenvalue weighted by molar-refractivity contribution is -0.120. The number of hydrogen-bond donors (Lipinski definition) is 2. The number of aromatic hydroxyl groups is 1. The Morgan fingerprint density at radius 1 is 1.18 bits per heavy atom. The van der Waals surface area contributed by atoms with Gasteiger partial charge in [-0.05, 0) is 66.8 Å². The minimum absolute atomic E-state index is 0.146. The minimum atomic E-state index is 0.146. The van der Waals surface area contributed by atoms with E-state index in [1.807, 2.05) is 13.0 Å². The van der Waals surface area contributed by atoms with Crippen molar-refractivity contribution in [1.29, 1.82) is 0 Å². The van der Waals surface area contributed by atoms with Crippen LogP contribution in [0.25, 0.3) is 0 Å². The molecular weight excluding hydrogens is 414 g/mol. The molecule has 2 N–H and O–H groups in total. The summed E-state index contributed by atoms with van der Waals surface area (Å²) in [5.41, 5.74) is 6.98. The van der Waals surface area contributed by atoms with Crippen LogP contribution in [-0.2, 0) is 30.5 Å². The molecule has 5 heteroatoms. The van der Waals surface area contributed by atoms with Crippen LogP contribution < -0.4 is 10.1 Å². The molecule has 3 aliphatic rings. The van der Waals surface area contributed by atoms with Gasteiger partial charge in [0.05, 0.1) is 6.61 Å². The SMILES string of the molecule is C=CCc1c(O)ccc2c1C(=O)CC2.CCC(=O)NCC[C@@H]1CCc2ccc3c(c21)CCO3. The second-order valence-corrected chi connectivity index (χ2v) is 8.95. The van der Waals surface area contributed by atoms with E-state index in [9.17, 15) is 14.7 Å². The van der Waals surface area contributed by atoms with Crippen LogP contribution in [0.15, 0.2) is 36.9 Å². The quantitative estimate of drug-likeness (QED) is 0.623. The van der Waals surface area contributed by atoms with Crippen molar-refractivity contribution in [3.05, 3.63) is 70.3 Å². The highest BCUT2D eigenvalue weighted by Gasteiger charge is 2.29. The van der Waals surface area contributed by atoms with E-state index >= 15 is 0 Å². The van der Waals surface area contributed by atoms with E-state index in [0.717, 1.165) is 54.9 Å². The fourth-order valence-electron chi connectivity index (χ4n) is 5.31. The number of phenolic OH excluding ortho intramolecular Hbond substituents is 1. The zero-order valence-corrected chi connectivity index (χ0v) is 19.4. The van der Waals surface area contributed by atoms with Gasteiger partial charge in [-0.15, -0.1) is 6.58 Å². The average Bonchev–Trinajstić information content (AvgIpc) is 3.54. The standard InChI is InChI=1S/C16H21NO2.C12H12O2/c1-2-15(18)17-9-7-12-4-3-11-5-6-14-13(16(11)12)8-10-19-14;1-2-3-9-10(13)6-4-8-5-7-11(14)12(8)9/h5-6,12H,2-4,7-10H2,1H3,(H,17,18);2,4,6,13H,1,3,5,7H2/t12-;/m0./s1. The second-order valence-electron chi connectivity index (χ2n) is 8.95. The van der Waals surface area contributed by atoms with Gasteiger partial charge in [0.1, 0.15) is 11.5 Å². The molecule has 0 saturated heterocycles. The number of carbonyl (C=O) groups is 2. The molecular formula is C28H33NO4. The number of nitrogens with one attached hydrogen (secondary N) is 1. The first-order chi connectivity index (χ1) is 16.0. The summed E-state index contributed by atoms with van der Waals surface area (Å²) in [7, 11) is 0. The Morgan fingerprint density at radius 2 is 2.00 bits per heavy atom. The number of Topliss-reactive ketones (excluding diaryl/α,β-unsaturated/α-hetero) is 1. The van der Waals surface area contributed by atoms with Crippen molar-refractivity contribution >= 4 is 11.7 Å². The van der Waals surface area contributed by atoms with Crippen molar-refractivity contribution in [2.75, 3.05) is 13.2 Å². The van der Waals surface area contributed by atoms with Crippen molar-refractivity contribution in [3.8, 4) is 11.5 Å². The molecule has 2 aliphatic carbocycles. The van der Waals surface area contributed by atoms with Crippen LogP contribution in [-0.4, -0.2) is 29.9 Å². The summed E-state index contributed by atoms with van der Waals surface area (Å²) >= 11 is 0. The lowest BCUT2D eigenvalue weighted by Crippen LogP contribution is -2.24. The molecule has 5 rings (SSSR count). The Hall–Kier alpha value is -3.08. The monoisotopic (exact) mass is 447 g/mol. The molecule has 0 saturated carbocycles. The van der Waals surface area contributed by atoms with Crippen LogP contribution >= 0.6 is 0 Å². The molecule has 0 bridgehead atoms. The molecule has 2 aromatic carbocycles. The number of amides is 1. The second kappa shape index (κ2) is 10.2. The molecule has 1 amide bonds. The van der Waals surface area contributed by atoms with Gasteiger partial charge in [-0.1, -0.05) is 25.1 Å². The summed E-state index contributed by atoms with van der Waals surface area (Å²) in [6.45, 7) is 7.14. The number of benzene rings is 2. The smallest absolute Gasteiger partial charge is 0.219 e. The minimum Gasteiger partial charge on any atom is -0.508 e. The van der Waals surface area contributed by atoms with E-state index in [2.05, 4.69) is 24.0 Å². The maximum atomic E-state index is 11.6. The molecule has 0 fully saturated rings. The van der Waals surface area contributed by atoms with Crippen LogP contribution in [0, 0.1) is 0 Å². The third-order valence-electron chi connectivity index (χ3n) is 6.94. The van der Waals surface area contributed by atoms with Crippen molar-refractivity contribution in [1.82, 2.24) is 5.32 Å². The lowest BCUT2D eigenvalue weighted by Gasteiger charge is -2.15. The number of hydrogen-bond acceptors (Lipinski definition) is 4. The van der Waals surface area contributed by atoms with Gasteiger partial charge in [0.15, 0.2) is 5.78 Å². The van der Waals surface area contributed by atoms with Gasteiger partial charge in [0, 0.05) is 42.5 Å². The van der Waals surface area contributed by atoms with Gasteiger partial charge < -0.3 is 15.2 Å². The predicted octanol–water partition coefficient (Wildman–Crippen LogP) is 4.82.